The molecule has 1 unspecified atom stereocenters. The molecule has 2 aliphatic heterocycles. The first-order valence-corrected chi connectivity index (χ1v) is 10.7. The van der Waals surface area contributed by atoms with Gasteiger partial charge < -0.3 is 15.0 Å². The van der Waals surface area contributed by atoms with Gasteiger partial charge in [0.1, 0.15) is 0 Å². The average Bonchev–Trinajstić information content (AvgIpc) is 2.62. The Morgan fingerprint density at radius 1 is 1.19 bits per heavy atom. The molecular weight excluding hydrogens is 364 g/mol. The van der Waals surface area contributed by atoms with Gasteiger partial charge in [-0.2, -0.15) is 4.31 Å². The van der Waals surface area contributed by atoms with Crippen LogP contribution in [-0.4, -0.2) is 70.5 Å². The van der Waals surface area contributed by atoms with Crippen molar-refractivity contribution in [1.82, 2.24) is 9.62 Å². The van der Waals surface area contributed by atoms with Crippen molar-refractivity contribution >= 4 is 15.7 Å². The molecule has 26 heavy (non-hydrogen) atoms. The van der Waals surface area contributed by atoms with Crippen molar-refractivity contribution < 1.29 is 21.9 Å². The van der Waals surface area contributed by atoms with Gasteiger partial charge >= 0.3 is 0 Å². The minimum atomic E-state index is -3.18. The van der Waals surface area contributed by atoms with E-state index in [1.807, 2.05) is 4.90 Å². The highest BCUT2D eigenvalue weighted by atomic mass is 32.2. The minimum absolute atomic E-state index is 0.150. The lowest BCUT2D eigenvalue weighted by Gasteiger charge is -2.36. The fraction of sp³-hybridized carbons (Fsp3) is 0.647. The maximum atomic E-state index is 13.4. The molecule has 2 saturated heterocycles. The zero-order valence-electron chi connectivity index (χ0n) is 14.8. The van der Waals surface area contributed by atoms with E-state index in [0.717, 1.165) is 32.0 Å². The monoisotopic (exact) mass is 389 g/mol. The zero-order chi connectivity index (χ0) is 18.7. The second kappa shape index (κ2) is 8.16. The third kappa shape index (κ3) is 4.91. The van der Waals surface area contributed by atoms with E-state index in [2.05, 4.69) is 5.32 Å². The summed E-state index contributed by atoms with van der Waals surface area (Å²) >= 11 is 0. The molecule has 3 rings (SSSR count). The number of halogens is 2. The molecule has 2 aliphatic rings. The van der Waals surface area contributed by atoms with Crippen LogP contribution in [0.25, 0.3) is 0 Å². The molecule has 2 fully saturated rings. The summed E-state index contributed by atoms with van der Waals surface area (Å²) in [7, 11) is -3.18. The van der Waals surface area contributed by atoms with Crippen LogP contribution in [0.3, 0.4) is 0 Å². The first kappa shape index (κ1) is 19.5. The number of hydrogen-bond acceptors (Lipinski definition) is 5. The lowest BCUT2D eigenvalue weighted by Crippen LogP contribution is -2.51. The molecule has 0 spiro atoms. The Morgan fingerprint density at radius 3 is 2.58 bits per heavy atom. The number of rotatable bonds is 5. The van der Waals surface area contributed by atoms with Crippen molar-refractivity contribution in [3.8, 4) is 0 Å². The van der Waals surface area contributed by atoms with E-state index in [1.54, 1.807) is 6.07 Å². The van der Waals surface area contributed by atoms with Gasteiger partial charge in [-0.05, 0) is 25.0 Å². The number of morpholine rings is 1. The number of ether oxygens (including phenoxy) is 1. The molecule has 146 valence electrons. The van der Waals surface area contributed by atoms with E-state index in [-0.39, 0.29) is 6.10 Å². The smallest absolute Gasteiger partial charge is 0.211 e. The normalized spacial score (nSPS) is 23.3. The quantitative estimate of drug-likeness (QED) is 0.820. The number of nitrogens with zero attached hydrogens (tertiary/aromatic N) is 2. The third-order valence-corrected chi connectivity index (χ3v) is 6.24. The van der Waals surface area contributed by atoms with Gasteiger partial charge in [0, 0.05) is 50.5 Å². The highest BCUT2D eigenvalue weighted by Gasteiger charge is 2.27. The summed E-state index contributed by atoms with van der Waals surface area (Å²) in [5, 5.41) is 3.45. The Labute approximate surface area is 153 Å². The van der Waals surface area contributed by atoms with Crippen molar-refractivity contribution in [2.24, 2.45) is 0 Å². The lowest BCUT2D eigenvalue weighted by molar-refractivity contribution is -0.00166. The van der Waals surface area contributed by atoms with Gasteiger partial charge in [0.15, 0.2) is 11.6 Å². The predicted molar refractivity (Wildman–Crippen MR) is 95.8 cm³/mol. The molecule has 1 aromatic rings. The molecule has 0 saturated carbocycles. The Balaban J connectivity index is 1.45. The minimum Gasteiger partial charge on any atom is -0.374 e. The van der Waals surface area contributed by atoms with Crippen molar-refractivity contribution in [3.63, 3.8) is 0 Å². The van der Waals surface area contributed by atoms with E-state index in [0.29, 0.717) is 38.0 Å². The van der Waals surface area contributed by atoms with Gasteiger partial charge in [0.05, 0.1) is 19.0 Å². The van der Waals surface area contributed by atoms with Crippen LogP contribution in [0.4, 0.5) is 14.5 Å². The molecule has 2 heterocycles. The van der Waals surface area contributed by atoms with Gasteiger partial charge in [0.2, 0.25) is 10.0 Å². The Hall–Kier alpha value is -1.29. The van der Waals surface area contributed by atoms with Gasteiger partial charge in [-0.3, -0.25) is 0 Å². The van der Waals surface area contributed by atoms with Gasteiger partial charge in [-0.15, -0.1) is 0 Å². The average molecular weight is 389 g/mol. The summed E-state index contributed by atoms with van der Waals surface area (Å²) in [6, 6.07) is 4.29. The first-order chi connectivity index (χ1) is 12.3. The van der Waals surface area contributed by atoms with Crippen molar-refractivity contribution in [1.29, 1.82) is 0 Å². The van der Waals surface area contributed by atoms with Crippen molar-refractivity contribution in [3.05, 3.63) is 29.8 Å². The number of benzene rings is 1. The molecule has 9 heteroatoms. The number of sulfonamides is 1. The topological polar surface area (TPSA) is 61.9 Å². The van der Waals surface area contributed by atoms with E-state index in [1.165, 1.54) is 16.6 Å². The maximum Gasteiger partial charge on any atom is 0.211 e. The van der Waals surface area contributed by atoms with Gasteiger partial charge in [-0.25, -0.2) is 17.2 Å². The molecule has 0 bridgehead atoms. The van der Waals surface area contributed by atoms with Crippen LogP contribution in [0.15, 0.2) is 18.2 Å². The van der Waals surface area contributed by atoms with Crippen LogP contribution in [0, 0.1) is 11.6 Å². The number of anilines is 1. The van der Waals surface area contributed by atoms with Crippen LogP contribution in [0.5, 0.6) is 0 Å². The first-order valence-electron chi connectivity index (χ1n) is 8.83. The standard InChI is InChI=1S/C17H25F2N3O3S/c1-26(23,24)22-8-9-25-15(12-22)11-20-13-4-6-21(7-5-13)14-2-3-16(18)17(19)10-14/h2-3,10,13,15,20H,4-9,11-12H2,1H3. The molecule has 0 radical (unpaired) electrons. The number of hydrogen-bond donors (Lipinski definition) is 1. The maximum absolute atomic E-state index is 13.4. The SMILES string of the molecule is CS(=O)(=O)N1CCOC(CNC2CCN(c3ccc(F)c(F)c3)CC2)C1. The van der Waals surface area contributed by atoms with Gasteiger partial charge in [0.25, 0.3) is 0 Å². The molecule has 6 nitrogen and oxygen atoms in total. The zero-order valence-corrected chi connectivity index (χ0v) is 15.6. The van der Waals surface area contributed by atoms with Crippen LogP contribution in [-0.2, 0) is 14.8 Å². The summed E-state index contributed by atoms with van der Waals surface area (Å²) in [6.07, 6.45) is 2.82. The Kier molecular flexibility index (Phi) is 6.11. The Morgan fingerprint density at radius 2 is 1.92 bits per heavy atom. The van der Waals surface area contributed by atoms with E-state index in [4.69, 9.17) is 4.74 Å². The highest BCUT2D eigenvalue weighted by molar-refractivity contribution is 7.88. The lowest BCUT2D eigenvalue weighted by atomic mass is 10.0. The molecule has 0 aromatic heterocycles. The fourth-order valence-corrected chi connectivity index (χ4v) is 4.28. The Bertz CT molecular complexity index is 724. The number of nitrogens with one attached hydrogen (secondary N) is 1. The summed E-state index contributed by atoms with van der Waals surface area (Å²) in [4.78, 5) is 2.04. The van der Waals surface area contributed by atoms with Crippen LogP contribution >= 0.6 is 0 Å². The summed E-state index contributed by atoms with van der Waals surface area (Å²) in [6.45, 7) is 3.30. The van der Waals surface area contributed by atoms with Gasteiger partial charge in [-0.1, -0.05) is 0 Å². The largest absolute Gasteiger partial charge is 0.374 e. The fourth-order valence-electron chi connectivity index (χ4n) is 3.44. The number of piperidine rings is 1. The molecule has 0 aliphatic carbocycles. The van der Waals surface area contributed by atoms with Crippen LogP contribution < -0.4 is 10.2 Å². The highest BCUT2D eigenvalue weighted by Crippen LogP contribution is 2.22. The van der Waals surface area contributed by atoms with E-state index < -0.39 is 21.7 Å². The molecule has 1 atom stereocenters. The summed E-state index contributed by atoms with van der Waals surface area (Å²) in [5.41, 5.74) is 0.696. The predicted octanol–water partition coefficient (Wildman–Crippen LogP) is 1.18. The molecular formula is C17H25F2N3O3S. The van der Waals surface area contributed by atoms with Crippen molar-refractivity contribution in [2.75, 3.05) is 50.5 Å². The van der Waals surface area contributed by atoms with E-state index >= 15 is 0 Å². The van der Waals surface area contributed by atoms with Crippen molar-refractivity contribution in [2.45, 2.75) is 25.0 Å². The van der Waals surface area contributed by atoms with Crippen LogP contribution in [0.2, 0.25) is 0 Å². The summed E-state index contributed by atoms with van der Waals surface area (Å²) in [5.74, 6) is -1.66. The second-order valence-electron chi connectivity index (χ2n) is 6.88. The molecule has 1 aromatic carbocycles. The molecule has 1 N–H and O–H groups in total. The van der Waals surface area contributed by atoms with Crippen LogP contribution in [0.1, 0.15) is 12.8 Å². The second-order valence-corrected chi connectivity index (χ2v) is 8.86. The summed E-state index contributed by atoms with van der Waals surface area (Å²) < 4.78 is 56.8. The molecule has 0 amide bonds. The van der Waals surface area contributed by atoms with E-state index in [9.17, 15) is 17.2 Å². The third-order valence-electron chi connectivity index (χ3n) is 4.97.